The van der Waals surface area contributed by atoms with Crippen LogP contribution in [0.4, 0.5) is 0 Å². The number of likely N-dealkylation sites (N-methyl/N-ethyl adjacent to an activating group) is 1. The van der Waals surface area contributed by atoms with E-state index in [1.807, 2.05) is 0 Å². The molecule has 0 aliphatic heterocycles. The van der Waals surface area contributed by atoms with Crippen LogP contribution in [-0.2, 0) is 4.79 Å². The van der Waals surface area contributed by atoms with Crippen LogP contribution in [-0.4, -0.2) is 50.0 Å². The highest BCUT2D eigenvalue weighted by atomic mass is 127. The molecule has 1 aliphatic rings. The lowest BCUT2D eigenvalue weighted by atomic mass is 9.86. The summed E-state index contributed by atoms with van der Waals surface area (Å²) >= 11 is 0. The Balaban J connectivity index is 0.00000441. The van der Waals surface area contributed by atoms with Crippen molar-refractivity contribution in [2.75, 3.05) is 27.2 Å². The number of hydrogen-bond acceptors (Lipinski definition) is 2. The number of halogens is 1. The average molecular weight is 424 g/mol. The second-order valence-corrected chi connectivity index (χ2v) is 6.25. The fourth-order valence-corrected chi connectivity index (χ4v) is 2.53. The van der Waals surface area contributed by atoms with Crippen LogP contribution in [0.3, 0.4) is 0 Å². The Morgan fingerprint density at radius 1 is 1.27 bits per heavy atom. The van der Waals surface area contributed by atoms with E-state index < -0.39 is 0 Å². The maximum Gasteiger partial charge on any atom is 0.243 e. The van der Waals surface area contributed by atoms with Gasteiger partial charge in [-0.25, -0.2) is 4.99 Å². The van der Waals surface area contributed by atoms with Crippen LogP contribution in [0.2, 0.25) is 0 Å². The zero-order chi connectivity index (χ0) is 15.7. The van der Waals surface area contributed by atoms with Gasteiger partial charge >= 0.3 is 0 Å². The van der Waals surface area contributed by atoms with Gasteiger partial charge in [0.2, 0.25) is 5.91 Å². The first kappa shape index (κ1) is 21.5. The van der Waals surface area contributed by atoms with Gasteiger partial charge in [0, 0.05) is 26.7 Å². The van der Waals surface area contributed by atoms with Crippen LogP contribution >= 0.6 is 24.0 Å². The summed E-state index contributed by atoms with van der Waals surface area (Å²) in [6, 6.07) is 0.473. The van der Waals surface area contributed by atoms with Crippen LogP contribution in [0.1, 0.15) is 52.4 Å². The van der Waals surface area contributed by atoms with Crippen molar-refractivity contribution in [3.8, 4) is 0 Å². The van der Waals surface area contributed by atoms with Gasteiger partial charge in [0.15, 0.2) is 5.96 Å². The summed E-state index contributed by atoms with van der Waals surface area (Å²) in [5, 5.41) is 6.88. The van der Waals surface area contributed by atoms with Gasteiger partial charge in [0.05, 0.1) is 0 Å². The molecular weight excluding hydrogens is 391 g/mol. The summed E-state index contributed by atoms with van der Waals surface area (Å²) in [4.78, 5) is 17.7. The normalized spacial score (nSPS) is 21.7. The summed E-state index contributed by atoms with van der Waals surface area (Å²) in [7, 11) is 3.53. The number of guanidine groups is 1. The minimum absolute atomic E-state index is 0. The van der Waals surface area contributed by atoms with Crippen LogP contribution in [0.15, 0.2) is 4.99 Å². The summed E-state index contributed by atoms with van der Waals surface area (Å²) < 4.78 is 0. The molecule has 2 unspecified atom stereocenters. The Labute approximate surface area is 152 Å². The lowest BCUT2D eigenvalue weighted by Crippen LogP contribution is -2.47. The molecule has 1 aliphatic carbocycles. The maximum absolute atomic E-state index is 11.7. The van der Waals surface area contributed by atoms with E-state index in [1.165, 1.54) is 25.7 Å². The highest BCUT2D eigenvalue weighted by Crippen LogP contribution is 2.23. The highest BCUT2D eigenvalue weighted by Gasteiger charge is 2.22. The topological polar surface area (TPSA) is 56.7 Å². The molecule has 0 aromatic rings. The van der Waals surface area contributed by atoms with Gasteiger partial charge in [-0.3, -0.25) is 4.79 Å². The van der Waals surface area contributed by atoms with E-state index in [0.717, 1.165) is 25.3 Å². The minimum Gasteiger partial charge on any atom is -0.356 e. The fraction of sp³-hybridized carbons (Fsp3) is 0.875. The van der Waals surface area contributed by atoms with E-state index in [1.54, 1.807) is 19.0 Å². The van der Waals surface area contributed by atoms with Gasteiger partial charge in [-0.1, -0.05) is 33.1 Å². The second-order valence-electron chi connectivity index (χ2n) is 6.25. The van der Waals surface area contributed by atoms with E-state index in [-0.39, 0.29) is 36.4 Å². The second kappa shape index (κ2) is 12.0. The maximum atomic E-state index is 11.7. The lowest BCUT2D eigenvalue weighted by Gasteiger charge is -2.31. The molecule has 1 amide bonds. The number of carbonyl (C=O) groups is 1. The van der Waals surface area contributed by atoms with Crippen molar-refractivity contribution in [3.63, 3.8) is 0 Å². The molecule has 5 nitrogen and oxygen atoms in total. The summed E-state index contributed by atoms with van der Waals surface area (Å²) in [5.41, 5.74) is 0. The smallest absolute Gasteiger partial charge is 0.243 e. The van der Waals surface area contributed by atoms with Crippen LogP contribution in [0, 0.1) is 5.92 Å². The largest absolute Gasteiger partial charge is 0.356 e. The Morgan fingerprint density at radius 2 is 1.95 bits per heavy atom. The number of unbranched alkanes of at least 4 members (excludes halogenated alkanes) is 1. The zero-order valence-corrected chi connectivity index (χ0v) is 16.9. The van der Waals surface area contributed by atoms with Crippen molar-refractivity contribution in [1.29, 1.82) is 0 Å². The van der Waals surface area contributed by atoms with Crippen molar-refractivity contribution in [2.24, 2.45) is 10.9 Å². The Bertz CT molecular complexity index is 347. The molecule has 1 fully saturated rings. The van der Waals surface area contributed by atoms with Crippen molar-refractivity contribution in [2.45, 2.75) is 58.4 Å². The predicted molar refractivity (Wildman–Crippen MR) is 104 cm³/mol. The minimum atomic E-state index is 0. The Hall–Kier alpha value is -0.530. The lowest BCUT2D eigenvalue weighted by molar-refractivity contribution is -0.127. The van der Waals surface area contributed by atoms with E-state index >= 15 is 0 Å². The van der Waals surface area contributed by atoms with E-state index in [4.69, 9.17) is 0 Å². The van der Waals surface area contributed by atoms with Gasteiger partial charge in [-0.15, -0.1) is 24.0 Å². The zero-order valence-electron chi connectivity index (χ0n) is 14.5. The molecular formula is C16H33IN4O. The number of rotatable bonds is 6. The van der Waals surface area contributed by atoms with Crippen molar-refractivity contribution in [1.82, 2.24) is 15.5 Å². The van der Waals surface area contributed by atoms with Gasteiger partial charge < -0.3 is 15.5 Å². The molecule has 1 rings (SSSR count). The van der Waals surface area contributed by atoms with Crippen molar-refractivity contribution >= 4 is 35.8 Å². The molecule has 2 N–H and O–H groups in total. The quantitative estimate of drug-likeness (QED) is 0.298. The van der Waals surface area contributed by atoms with Gasteiger partial charge in [0.25, 0.3) is 0 Å². The third-order valence-corrected chi connectivity index (χ3v) is 4.13. The van der Waals surface area contributed by atoms with Crippen LogP contribution < -0.4 is 10.6 Å². The van der Waals surface area contributed by atoms with Gasteiger partial charge in [-0.2, -0.15) is 0 Å². The molecule has 130 valence electrons. The van der Waals surface area contributed by atoms with E-state index in [0.29, 0.717) is 12.0 Å². The number of nitrogens with one attached hydrogen (secondary N) is 2. The molecule has 2 atom stereocenters. The van der Waals surface area contributed by atoms with Gasteiger partial charge in [0.1, 0.15) is 6.54 Å². The summed E-state index contributed by atoms with van der Waals surface area (Å²) in [6.07, 6.45) is 7.34. The molecule has 0 aromatic carbocycles. The monoisotopic (exact) mass is 424 g/mol. The molecule has 0 aromatic heterocycles. The highest BCUT2D eigenvalue weighted by molar-refractivity contribution is 14.0. The molecule has 0 bridgehead atoms. The van der Waals surface area contributed by atoms with E-state index in [9.17, 15) is 4.79 Å². The summed E-state index contributed by atoms with van der Waals surface area (Å²) in [5.74, 6) is 1.49. The van der Waals surface area contributed by atoms with E-state index in [2.05, 4.69) is 29.5 Å². The third-order valence-electron chi connectivity index (χ3n) is 4.13. The molecule has 0 heterocycles. The van der Waals surface area contributed by atoms with Gasteiger partial charge in [-0.05, 0) is 25.2 Å². The fourth-order valence-electron chi connectivity index (χ4n) is 2.53. The number of aliphatic imine (C=N–C) groups is 1. The SMILES string of the molecule is CCCCNC(=NCC(=O)N(C)C)NC1CCCCC1C.I. The number of nitrogens with zero attached hydrogens (tertiary/aromatic N) is 2. The molecule has 1 saturated carbocycles. The first-order chi connectivity index (χ1) is 10.0. The molecule has 0 saturated heterocycles. The third kappa shape index (κ3) is 8.19. The predicted octanol–water partition coefficient (Wildman–Crippen LogP) is 2.61. The average Bonchev–Trinajstić information content (AvgIpc) is 2.46. The molecule has 22 heavy (non-hydrogen) atoms. The number of amides is 1. The Morgan fingerprint density at radius 3 is 2.55 bits per heavy atom. The van der Waals surface area contributed by atoms with Crippen LogP contribution in [0.25, 0.3) is 0 Å². The molecule has 0 spiro atoms. The summed E-state index contributed by atoms with van der Waals surface area (Å²) in [6.45, 7) is 5.57. The standard InChI is InChI=1S/C16H32N4O.HI/c1-5-6-11-17-16(18-12-15(21)20(3)4)19-14-10-8-7-9-13(14)2;/h13-14H,5-12H2,1-4H3,(H2,17,18,19);1H. The van der Waals surface area contributed by atoms with Crippen molar-refractivity contribution in [3.05, 3.63) is 0 Å². The van der Waals surface area contributed by atoms with Crippen LogP contribution in [0.5, 0.6) is 0 Å². The first-order valence-corrected chi connectivity index (χ1v) is 8.29. The molecule has 6 heteroatoms. The first-order valence-electron chi connectivity index (χ1n) is 8.29. The number of hydrogen-bond donors (Lipinski definition) is 2. The Kier molecular flexibility index (Phi) is 11.7. The number of carbonyl (C=O) groups excluding carboxylic acids is 1. The molecule has 0 radical (unpaired) electrons. The van der Waals surface area contributed by atoms with Crippen molar-refractivity contribution < 1.29 is 4.79 Å².